The number of phenols is 1. The van der Waals surface area contributed by atoms with Crippen molar-refractivity contribution in [3.63, 3.8) is 0 Å². The van der Waals surface area contributed by atoms with Gasteiger partial charge in [0.1, 0.15) is 5.75 Å². The van der Waals surface area contributed by atoms with Crippen molar-refractivity contribution in [1.29, 1.82) is 0 Å². The molecule has 1 aromatic carbocycles. The third-order valence-electron chi connectivity index (χ3n) is 3.48. The third kappa shape index (κ3) is 3.65. The van der Waals surface area contributed by atoms with Gasteiger partial charge in [-0.05, 0) is 31.0 Å². The molecule has 1 heterocycles. The van der Waals surface area contributed by atoms with E-state index in [2.05, 4.69) is 0 Å². The number of aliphatic hydroxyl groups excluding tert-OH is 1. The van der Waals surface area contributed by atoms with Crippen molar-refractivity contribution in [2.75, 3.05) is 32.0 Å². The summed E-state index contributed by atoms with van der Waals surface area (Å²) in [4.78, 5) is 0.0764. The topological polar surface area (TPSA) is 113 Å². The van der Waals surface area contributed by atoms with Gasteiger partial charge < -0.3 is 20.7 Å². The van der Waals surface area contributed by atoms with E-state index < -0.39 is 10.0 Å². The van der Waals surface area contributed by atoms with Crippen molar-refractivity contribution in [3.8, 4) is 5.75 Å². The molecule has 0 spiro atoms. The van der Waals surface area contributed by atoms with E-state index in [4.69, 9.17) is 15.6 Å². The van der Waals surface area contributed by atoms with E-state index in [9.17, 15) is 13.5 Å². The molecular weight excluding hydrogens is 296 g/mol. The quantitative estimate of drug-likeness (QED) is 0.526. The van der Waals surface area contributed by atoms with E-state index in [-0.39, 0.29) is 35.7 Å². The molecule has 21 heavy (non-hydrogen) atoms. The summed E-state index contributed by atoms with van der Waals surface area (Å²) in [7, 11) is -3.61. The Morgan fingerprint density at radius 3 is 2.57 bits per heavy atom. The van der Waals surface area contributed by atoms with Crippen molar-refractivity contribution in [1.82, 2.24) is 4.31 Å². The number of rotatable bonds is 5. The van der Waals surface area contributed by atoms with Crippen LogP contribution in [0.15, 0.2) is 23.1 Å². The summed E-state index contributed by atoms with van der Waals surface area (Å²) in [6.07, 6.45) is 1.16. The minimum atomic E-state index is -3.61. The fourth-order valence-corrected chi connectivity index (χ4v) is 3.81. The van der Waals surface area contributed by atoms with Crippen molar-refractivity contribution in [2.24, 2.45) is 0 Å². The van der Waals surface area contributed by atoms with Gasteiger partial charge in [0.25, 0.3) is 0 Å². The first-order valence-corrected chi connectivity index (χ1v) is 8.20. The van der Waals surface area contributed by atoms with E-state index in [1.54, 1.807) is 0 Å². The fraction of sp³-hybridized carbons (Fsp3) is 0.538. The summed E-state index contributed by atoms with van der Waals surface area (Å²) in [5.41, 5.74) is 5.59. The lowest BCUT2D eigenvalue weighted by molar-refractivity contribution is 0.00318. The average Bonchev–Trinajstić information content (AvgIpc) is 2.48. The highest BCUT2D eigenvalue weighted by Crippen LogP contribution is 2.27. The highest BCUT2D eigenvalue weighted by atomic mass is 32.2. The monoisotopic (exact) mass is 316 g/mol. The first kappa shape index (κ1) is 16.0. The number of nitrogens with two attached hydrogens (primary N) is 1. The molecule has 0 atom stereocenters. The predicted molar refractivity (Wildman–Crippen MR) is 77.3 cm³/mol. The molecule has 1 aromatic rings. The minimum Gasteiger partial charge on any atom is -0.506 e. The Balaban J connectivity index is 2.06. The zero-order chi connectivity index (χ0) is 15.5. The van der Waals surface area contributed by atoms with Crippen molar-refractivity contribution >= 4 is 15.7 Å². The number of nitrogens with zero attached hydrogens (tertiary/aromatic N) is 1. The molecule has 8 heteroatoms. The molecular formula is C13H20N2O5S. The molecule has 0 saturated carbocycles. The van der Waals surface area contributed by atoms with Gasteiger partial charge in [-0.3, -0.25) is 0 Å². The number of hydrogen-bond acceptors (Lipinski definition) is 6. The second-order valence-corrected chi connectivity index (χ2v) is 6.86. The molecule has 0 amide bonds. The number of benzene rings is 1. The van der Waals surface area contributed by atoms with Crippen LogP contribution in [0.1, 0.15) is 12.8 Å². The number of piperidine rings is 1. The Labute approximate surface area is 124 Å². The van der Waals surface area contributed by atoms with Gasteiger partial charge in [-0.15, -0.1) is 0 Å². The number of nitrogen functional groups attached to an aromatic ring is 1. The largest absolute Gasteiger partial charge is 0.506 e. The summed E-state index contributed by atoms with van der Waals surface area (Å²) in [5, 5.41) is 18.1. The third-order valence-corrected chi connectivity index (χ3v) is 5.38. The van der Waals surface area contributed by atoms with E-state index in [0.717, 1.165) is 0 Å². The average molecular weight is 316 g/mol. The lowest BCUT2D eigenvalue weighted by Gasteiger charge is -2.31. The number of ether oxygens (including phenoxy) is 1. The van der Waals surface area contributed by atoms with Gasteiger partial charge in [0.15, 0.2) is 0 Å². The van der Waals surface area contributed by atoms with Crippen LogP contribution in [-0.4, -0.2) is 55.3 Å². The molecule has 2 rings (SSSR count). The van der Waals surface area contributed by atoms with E-state index in [1.807, 2.05) is 0 Å². The summed E-state index contributed by atoms with van der Waals surface area (Å²) in [6.45, 7) is 0.954. The molecule has 7 nitrogen and oxygen atoms in total. The SMILES string of the molecule is Nc1cc(S(=O)(=O)N2CCC(OCCO)CC2)ccc1O. The molecule has 1 fully saturated rings. The van der Waals surface area contributed by atoms with Gasteiger partial charge in [0.05, 0.1) is 29.9 Å². The predicted octanol–water partition coefficient (Wildman–Crippen LogP) is 0.136. The number of hydrogen-bond donors (Lipinski definition) is 3. The van der Waals surface area contributed by atoms with Crippen molar-refractivity contribution < 1.29 is 23.4 Å². The Bertz CT molecular complexity index is 582. The molecule has 1 saturated heterocycles. The van der Waals surface area contributed by atoms with E-state index in [0.29, 0.717) is 25.9 Å². The van der Waals surface area contributed by atoms with Crippen LogP contribution >= 0.6 is 0 Å². The molecule has 0 bridgehead atoms. The molecule has 1 aliphatic rings. The highest BCUT2D eigenvalue weighted by molar-refractivity contribution is 7.89. The standard InChI is InChI=1S/C13H20N2O5S/c14-12-9-11(1-2-13(12)17)21(18,19)15-5-3-10(4-6-15)20-8-7-16/h1-2,9-10,16-17H,3-8,14H2. The summed E-state index contributed by atoms with van der Waals surface area (Å²) < 4.78 is 31.8. The van der Waals surface area contributed by atoms with Gasteiger partial charge in [-0.25, -0.2) is 8.42 Å². The van der Waals surface area contributed by atoms with Gasteiger partial charge in [-0.2, -0.15) is 4.31 Å². The molecule has 0 aromatic heterocycles. The minimum absolute atomic E-state index is 0.0199. The number of aromatic hydroxyl groups is 1. The molecule has 0 radical (unpaired) electrons. The van der Waals surface area contributed by atoms with Gasteiger partial charge >= 0.3 is 0 Å². The maximum absolute atomic E-state index is 12.5. The lowest BCUT2D eigenvalue weighted by atomic mass is 10.1. The Hall–Kier alpha value is -1.35. The second-order valence-electron chi connectivity index (χ2n) is 4.92. The Kier molecular flexibility index (Phi) is 5.04. The van der Waals surface area contributed by atoms with Crippen molar-refractivity contribution in [3.05, 3.63) is 18.2 Å². The molecule has 118 valence electrons. The molecule has 1 aliphatic heterocycles. The first-order chi connectivity index (χ1) is 9.95. The van der Waals surface area contributed by atoms with Crippen LogP contribution in [0, 0.1) is 0 Å². The van der Waals surface area contributed by atoms with Crippen LogP contribution in [0.3, 0.4) is 0 Å². The molecule has 4 N–H and O–H groups in total. The van der Waals surface area contributed by atoms with Crippen LogP contribution in [0.2, 0.25) is 0 Å². The molecule has 0 aliphatic carbocycles. The van der Waals surface area contributed by atoms with Crippen LogP contribution < -0.4 is 5.73 Å². The normalized spacial score (nSPS) is 18.0. The first-order valence-electron chi connectivity index (χ1n) is 6.76. The summed E-state index contributed by atoms with van der Waals surface area (Å²) in [5.74, 6) is -0.134. The van der Waals surface area contributed by atoms with Gasteiger partial charge in [-0.1, -0.05) is 0 Å². The van der Waals surface area contributed by atoms with Gasteiger partial charge in [0.2, 0.25) is 10.0 Å². The van der Waals surface area contributed by atoms with Crippen LogP contribution in [0.25, 0.3) is 0 Å². The number of phenolic OH excluding ortho intramolecular Hbond substituents is 1. The zero-order valence-corrected chi connectivity index (χ0v) is 12.4. The Morgan fingerprint density at radius 2 is 2.00 bits per heavy atom. The van der Waals surface area contributed by atoms with E-state index in [1.165, 1.54) is 22.5 Å². The van der Waals surface area contributed by atoms with Gasteiger partial charge in [0, 0.05) is 13.1 Å². The van der Waals surface area contributed by atoms with Crippen LogP contribution in [0.4, 0.5) is 5.69 Å². The highest BCUT2D eigenvalue weighted by Gasteiger charge is 2.29. The van der Waals surface area contributed by atoms with E-state index >= 15 is 0 Å². The second kappa shape index (κ2) is 6.61. The number of sulfonamides is 1. The summed E-state index contributed by atoms with van der Waals surface area (Å²) in [6, 6.07) is 3.88. The van der Waals surface area contributed by atoms with Crippen LogP contribution in [-0.2, 0) is 14.8 Å². The van der Waals surface area contributed by atoms with Crippen LogP contribution in [0.5, 0.6) is 5.75 Å². The maximum atomic E-state index is 12.5. The summed E-state index contributed by atoms with van der Waals surface area (Å²) >= 11 is 0. The lowest BCUT2D eigenvalue weighted by Crippen LogP contribution is -2.41. The maximum Gasteiger partial charge on any atom is 0.243 e. The number of aliphatic hydroxyl groups is 1. The van der Waals surface area contributed by atoms with Crippen molar-refractivity contribution in [2.45, 2.75) is 23.8 Å². The Morgan fingerprint density at radius 1 is 1.33 bits per heavy atom. The molecule has 0 unspecified atom stereocenters. The zero-order valence-electron chi connectivity index (χ0n) is 11.6. The smallest absolute Gasteiger partial charge is 0.243 e. The fourth-order valence-electron chi connectivity index (χ4n) is 2.30. The number of anilines is 1.